The average Bonchev–Trinajstić information content (AvgIpc) is 2.39. The van der Waals surface area contributed by atoms with Crippen molar-refractivity contribution >= 4 is 17.3 Å². The van der Waals surface area contributed by atoms with Crippen LogP contribution in [0.25, 0.3) is 0 Å². The van der Waals surface area contributed by atoms with Gasteiger partial charge in [0.25, 0.3) is 5.91 Å². The number of hydrogen-bond donors (Lipinski definition) is 2. The highest BCUT2D eigenvalue weighted by atomic mass is 16.1. The topological polar surface area (TPSA) is 58.4 Å². The first kappa shape index (κ1) is 14.7. The number of nitrogens with zero attached hydrogens (tertiary/aromatic N) is 1. The molecule has 0 bridgehead atoms. The Hall–Kier alpha value is -1.71. The zero-order valence-electron chi connectivity index (χ0n) is 12.3. The fraction of sp³-hybridized carbons (Fsp3) is 0.562. The number of rotatable bonds is 3. The third kappa shape index (κ3) is 3.65. The summed E-state index contributed by atoms with van der Waals surface area (Å²) in [6.07, 6.45) is 6.38. The molecule has 1 aromatic rings. The van der Waals surface area contributed by atoms with Gasteiger partial charge in [0.05, 0.1) is 11.4 Å². The Balaban J connectivity index is 2.13. The number of carbonyl (C=O) groups excluding carboxylic acids is 1. The van der Waals surface area contributed by atoms with E-state index in [4.69, 9.17) is 5.73 Å². The molecule has 0 unspecified atom stereocenters. The van der Waals surface area contributed by atoms with Crippen molar-refractivity contribution in [3.63, 3.8) is 0 Å². The van der Waals surface area contributed by atoms with E-state index in [1.807, 2.05) is 19.1 Å². The Morgan fingerprint density at radius 2 is 1.85 bits per heavy atom. The van der Waals surface area contributed by atoms with Crippen LogP contribution in [0.15, 0.2) is 18.2 Å². The smallest absolute Gasteiger partial charge is 0.251 e. The van der Waals surface area contributed by atoms with Crippen LogP contribution in [-0.4, -0.2) is 25.5 Å². The van der Waals surface area contributed by atoms with Crippen LogP contribution >= 0.6 is 0 Å². The molecule has 1 heterocycles. The molecule has 1 aromatic carbocycles. The summed E-state index contributed by atoms with van der Waals surface area (Å²) in [4.78, 5) is 14.2. The predicted molar refractivity (Wildman–Crippen MR) is 84.2 cm³/mol. The molecule has 20 heavy (non-hydrogen) atoms. The molecule has 0 aromatic heterocycles. The molecule has 2 rings (SSSR count). The first-order valence-electron chi connectivity index (χ1n) is 7.65. The van der Waals surface area contributed by atoms with Crippen molar-refractivity contribution in [2.24, 2.45) is 0 Å². The summed E-state index contributed by atoms with van der Waals surface area (Å²) < 4.78 is 0. The second-order valence-electron chi connectivity index (χ2n) is 5.39. The van der Waals surface area contributed by atoms with Crippen molar-refractivity contribution in [3.05, 3.63) is 23.8 Å². The van der Waals surface area contributed by atoms with Crippen LogP contribution in [0.5, 0.6) is 0 Å². The molecular weight excluding hydrogens is 250 g/mol. The number of nitrogens with two attached hydrogens (primary N) is 1. The second-order valence-corrected chi connectivity index (χ2v) is 5.39. The Labute approximate surface area is 121 Å². The minimum atomic E-state index is -0.0570. The number of benzene rings is 1. The van der Waals surface area contributed by atoms with E-state index in [1.165, 1.54) is 32.1 Å². The van der Waals surface area contributed by atoms with Crippen LogP contribution in [0, 0.1) is 0 Å². The van der Waals surface area contributed by atoms with Crippen LogP contribution in [0.2, 0.25) is 0 Å². The molecule has 110 valence electrons. The summed E-state index contributed by atoms with van der Waals surface area (Å²) in [5.41, 5.74) is 8.57. The third-order valence-corrected chi connectivity index (χ3v) is 3.82. The molecule has 4 heteroatoms. The molecule has 1 aliphatic rings. The molecule has 0 saturated carbocycles. The normalized spacial score (nSPS) is 16.4. The maximum atomic E-state index is 11.8. The lowest BCUT2D eigenvalue weighted by Crippen LogP contribution is -2.28. The second kappa shape index (κ2) is 7.17. The molecule has 4 nitrogen and oxygen atoms in total. The fourth-order valence-electron chi connectivity index (χ4n) is 2.73. The van der Waals surface area contributed by atoms with E-state index in [9.17, 15) is 4.79 Å². The number of nitrogens with one attached hydrogen (secondary N) is 1. The minimum Gasteiger partial charge on any atom is -0.397 e. The zero-order chi connectivity index (χ0) is 14.4. The van der Waals surface area contributed by atoms with Gasteiger partial charge < -0.3 is 16.0 Å². The minimum absolute atomic E-state index is 0.0570. The number of carbonyl (C=O) groups is 1. The van der Waals surface area contributed by atoms with Gasteiger partial charge in [0.15, 0.2) is 0 Å². The summed E-state index contributed by atoms with van der Waals surface area (Å²) in [7, 11) is 0. The summed E-state index contributed by atoms with van der Waals surface area (Å²) in [6, 6.07) is 5.65. The molecule has 1 amide bonds. The highest BCUT2D eigenvalue weighted by Crippen LogP contribution is 2.26. The van der Waals surface area contributed by atoms with Crippen LogP contribution < -0.4 is 16.0 Å². The number of hydrogen-bond acceptors (Lipinski definition) is 3. The molecule has 1 saturated heterocycles. The first-order chi connectivity index (χ1) is 9.72. The Kier molecular flexibility index (Phi) is 5.27. The molecular formula is C16H25N3O. The molecule has 1 aliphatic heterocycles. The molecule has 0 atom stereocenters. The summed E-state index contributed by atoms with van der Waals surface area (Å²) in [5.74, 6) is -0.0570. The predicted octanol–water partition coefficient (Wildman–Crippen LogP) is 2.79. The van der Waals surface area contributed by atoms with Crippen LogP contribution in [0.1, 0.15) is 49.4 Å². The van der Waals surface area contributed by atoms with Gasteiger partial charge in [-0.1, -0.05) is 19.3 Å². The lowest BCUT2D eigenvalue weighted by molar-refractivity contribution is 0.0956. The standard InChI is InChI=1S/C16H25N3O/c1-2-18-16(20)13-8-9-15(14(17)12-13)19-10-6-4-3-5-7-11-19/h8-9,12H,2-7,10-11,17H2,1H3,(H,18,20). The van der Waals surface area contributed by atoms with E-state index >= 15 is 0 Å². The largest absolute Gasteiger partial charge is 0.397 e. The third-order valence-electron chi connectivity index (χ3n) is 3.82. The summed E-state index contributed by atoms with van der Waals surface area (Å²) in [5, 5.41) is 2.80. The Morgan fingerprint density at radius 1 is 1.20 bits per heavy atom. The van der Waals surface area contributed by atoms with Crippen LogP contribution in [0.4, 0.5) is 11.4 Å². The molecule has 0 spiro atoms. The lowest BCUT2D eigenvalue weighted by Gasteiger charge is -2.28. The van der Waals surface area contributed by atoms with Gasteiger partial charge in [-0.05, 0) is 38.0 Å². The maximum absolute atomic E-state index is 11.8. The Morgan fingerprint density at radius 3 is 2.45 bits per heavy atom. The summed E-state index contributed by atoms with van der Waals surface area (Å²) >= 11 is 0. The number of nitrogen functional groups attached to an aromatic ring is 1. The Bertz CT molecular complexity index is 451. The zero-order valence-corrected chi connectivity index (χ0v) is 12.3. The van der Waals surface area contributed by atoms with E-state index in [0.717, 1.165) is 18.8 Å². The van der Waals surface area contributed by atoms with Crippen molar-refractivity contribution in [3.8, 4) is 0 Å². The van der Waals surface area contributed by atoms with Crippen molar-refractivity contribution in [2.45, 2.75) is 39.0 Å². The SMILES string of the molecule is CCNC(=O)c1ccc(N2CCCCCCC2)c(N)c1. The van der Waals surface area contributed by atoms with Gasteiger partial charge in [-0.2, -0.15) is 0 Å². The molecule has 3 N–H and O–H groups in total. The average molecular weight is 275 g/mol. The molecule has 0 radical (unpaired) electrons. The maximum Gasteiger partial charge on any atom is 0.251 e. The van der Waals surface area contributed by atoms with Crippen molar-refractivity contribution in [1.29, 1.82) is 0 Å². The van der Waals surface area contributed by atoms with Gasteiger partial charge in [-0.15, -0.1) is 0 Å². The first-order valence-corrected chi connectivity index (χ1v) is 7.65. The van der Waals surface area contributed by atoms with E-state index in [2.05, 4.69) is 10.2 Å². The highest BCUT2D eigenvalue weighted by molar-refractivity contribution is 5.96. The highest BCUT2D eigenvalue weighted by Gasteiger charge is 2.13. The van der Waals surface area contributed by atoms with E-state index < -0.39 is 0 Å². The van der Waals surface area contributed by atoms with Crippen LogP contribution in [0.3, 0.4) is 0 Å². The van der Waals surface area contributed by atoms with Gasteiger partial charge in [-0.25, -0.2) is 0 Å². The lowest BCUT2D eigenvalue weighted by atomic mass is 10.1. The van der Waals surface area contributed by atoms with Crippen molar-refractivity contribution in [1.82, 2.24) is 5.32 Å². The van der Waals surface area contributed by atoms with E-state index in [-0.39, 0.29) is 5.91 Å². The van der Waals surface area contributed by atoms with E-state index in [0.29, 0.717) is 17.8 Å². The van der Waals surface area contributed by atoms with Crippen molar-refractivity contribution in [2.75, 3.05) is 30.3 Å². The number of anilines is 2. The fourth-order valence-corrected chi connectivity index (χ4v) is 2.73. The number of amides is 1. The van der Waals surface area contributed by atoms with Crippen molar-refractivity contribution < 1.29 is 4.79 Å². The van der Waals surface area contributed by atoms with Gasteiger partial charge >= 0.3 is 0 Å². The quantitative estimate of drug-likeness (QED) is 0.834. The molecule has 0 aliphatic carbocycles. The van der Waals surface area contributed by atoms with Gasteiger partial charge in [0.1, 0.15) is 0 Å². The van der Waals surface area contributed by atoms with E-state index in [1.54, 1.807) is 6.07 Å². The monoisotopic (exact) mass is 275 g/mol. The summed E-state index contributed by atoms with van der Waals surface area (Å²) in [6.45, 7) is 4.66. The van der Waals surface area contributed by atoms with Gasteiger partial charge in [0, 0.05) is 25.2 Å². The van der Waals surface area contributed by atoms with Crippen LogP contribution in [-0.2, 0) is 0 Å². The molecule has 1 fully saturated rings. The van der Waals surface area contributed by atoms with Gasteiger partial charge in [0.2, 0.25) is 0 Å². The van der Waals surface area contributed by atoms with Gasteiger partial charge in [-0.3, -0.25) is 4.79 Å².